The van der Waals surface area contributed by atoms with Gasteiger partial charge in [0.2, 0.25) is 6.39 Å². The largest absolute Gasteiger partial charge is 0.464 e. The Morgan fingerprint density at radius 3 is 3.06 bits per heavy atom. The first-order valence-corrected chi connectivity index (χ1v) is 6.37. The van der Waals surface area contributed by atoms with Gasteiger partial charge in [0.05, 0.1) is 6.54 Å². The van der Waals surface area contributed by atoms with Gasteiger partial charge in [-0.15, -0.1) is 0 Å². The molecular weight excluding hydrogens is 230 g/mol. The Kier molecular flexibility index (Phi) is 3.15. The van der Waals surface area contributed by atoms with Crippen molar-refractivity contribution in [2.24, 2.45) is 5.92 Å². The van der Waals surface area contributed by atoms with Crippen molar-refractivity contribution < 1.29 is 8.94 Å². The first kappa shape index (κ1) is 11.5. The van der Waals surface area contributed by atoms with Crippen LogP contribution in [-0.4, -0.2) is 16.7 Å². The number of aromatic nitrogens is 2. The molecule has 18 heavy (non-hydrogen) atoms. The molecule has 5 heteroatoms. The van der Waals surface area contributed by atoms with Crippen molar-refractivity contribution in [2.75, 3.05) is 6.54 Å². The molecule has 96 valence electrons. The molecule has 3 rings (SSSR count). The summed E-state index contributed by atoms with van der Waals surface area (Å²) in [6, 6.07) is 4.16. The summed E-state index contributed by atoms with van der Waals surface area (Å²) in [5.74, 6) is 4.30. The van der Waals surface area contributed by atoms with Gasteiger partial charge < -0.3 is 14.3 Å². The number of furan rings is 1. The quantitative estimate of drug-likeness (QED) is 0.792. The van der Waals surface area contributed by atoms with E-state index < -0.39 is 0 Å². The Balaban J connectivity index is 1.41. The summed E-state index contributed by atoms with van der Waals surface area (Å²) in [5.41, 5.74) is 0. The SMILES string of the molecule is CC1CC1c1ccc(CNCCc2ncon2)o1. The second kappa shape index (κ2) is 4.94. The average molecular weight is 247 g/mol. The molecule has 2 aromatic heterocycles. The second-order valence-corrected chi connectivity index (χ2v) is 4.90. The van der Waals surface area contributed by atoms with Crippen LogP contribution in [0.15, 0.2) is 27.5 Å². The van der Waals surface area contributed by atoms with Crippen LogP contribution in [0.1, 0.15) is 36.6 Å². The zero-order valence-corrected chi connectivity index (χ0v) is 10.4. The Labute approximate surface area is 106 Å². The molecule has 1 N–H and O–H groups in total. The summed E-state index contributed by atoms with van der Waals surface area (Å²) in [6.45, 7) is 3.82. The molecule has 0 spiro atoms. The van der Waals surface area contributed by atoms with Crippen molar-refractivity contribution >= 4 is 0 Å². The highest BCUT2D eigenvalue weighted by atomic mass is 16.5. The predicted octanol–water partition coefficient (Wildman–Crippen LogP) is 2.12. The number of nitrogens with zero attached hydrogens (tertiary/aromatic N) is 2. The maximum Gasteiger partial charge on any atom is 0.213 e. The van der Waals surface area contributed by atoms with E-state index in [4.69, 9.17) is 4.42 Å². The van der Waals surface area contributed by atoms with E-state index in [1.807, 2.05) is 0 Å². The first-order valence-electron chi connectivity index (χ1n) is 6.37. The molecule has 0 saturated heterocycles. The van der Waals surface area contributed by atoms with Crippen molar-refractivity contribution in [2.45, 2.75) is 32.2 Å². The van der Waals surface area contributed by atoms with Gasteiger partial charge in [-0.1, -0.05) is 12.1 Å². The molecule has 0 bridgehead atoms. The predicted molar refractivity (Wildman–Crippen MR) is 64.9 cm³/mol. The smallest absolute Gasteiger partial charge is 0.213 e. The van der Waals surface area contributed by atoms with Gasteiger partial charge in [-0.05, 0) is 24.5 Å². The van der Waals surface area contributed by atoms with Crippen molar-refractivity contribution in [3.63, 3.8) is 0 Å². The Morgan fingerprint density at radius 1 is 1.44 bits per heavy atom. The minimum atomic E-state index is 0.651. The molecule has 1 saturated carbocycles. The number of rotatable bonds is 6. The number of hydrogen-bond acceptors (Lipinski definition) is 5. The van der Waals surface area contributed by atoms with Crippen molar-refractivity contribution in [1.29, 1.82) is 0 Å². The molecule has 2 aromatic rings. The van der Waals surface area contributed by atoms with Crippen LogP contribution in [0.2, 0.25) is 0 Å². The molecular formula is C13H17N3O2. The van der Waals surface area contributed by atoms with E-state index in [0.717, 1.165) is 42.8 Å². The third-order valence-corrected chi connectivity index (χ3v) is 3.39. The summed E-state index contributed by atoms with van der Waals surface area (Å²) in [4.78, 5) is 3.96. The maximum absolute atomic E-state index is 5.80. The lowest BCUT2D eigenvalue weighted by Gasteiger charge is -2.00. The van der Waals surface area contributed by atoms with Crippen LogP contribution in [0.4, 0.5) is 0 Å². The van der Waals surface area contributed by atoms with Crippen LogP contribution < -0.4 is 5.32 Å². The molecule has 2 heterocycles. The van der Waals surface area contributed by atoms with Crippen LogP contribution in [-0.2, 0) is 13.0 Å². The van der Waals surface area contributed by atoms with E-state index in [0.29, 0.717) is 5.92 Å². The monoisotopic (exact) mass is 247 g/mol. The van der Waals surface area contributed by atoms with Crippen LogP contribution in [0.3, 0.4) is 0 Å². The molecule has 1 aliphatic rings. The fourth-order valence-corrected chi connectivity index (χ4v) is 2.12. The first-order chi connectivity index (χ1) is 8.83. The van der Waals surface area contributed by atoms with Gasteiger partial charge in [0.1, 0.15) is 11.5 Å². The Bertz CT molecular complexity index is 492. The van der Waals surface area contributed by atoms with Gasteiger partial charge >= 0.3 is 0 Å². The molecule has 0 aliphatic heterocycles. The normalized spacial score (nSPS) is 22.3. The Morgan fingerprint density at radius 2 is 2.33 bits per heavy atom. The van der Waals surface area contributed by atoms with Gasteiger partial charge in [0.25, 0.3) is 0 Å². The third-order valence-electron chi connectivity index (χ3n) is 3.39. The highest BCUT2D eigenvalue weighted by Crippen LogP contribution is 2.47. The van der Waals surface area contributed by atoms with E-state index in [-0.39, 0.29) is 0 Å². The molecule has 0 amide bonds. The zero-order valence-electron chi connectivity index (χ0n) is 10.4. The van der Waals surface area contributed by atoms with Gasteiger partial charge in [0, 0.05) is 18.9 Å². The standard InChI is InChI=1S/C13H17N3O2/c1-9-6-11(9)12-3-2-10(18-12)7-14-5-4-13-15-8-17-16-13/h2-3,8-9,11,14H,4-7H2,1H3. The number of hydrogen-bond donors (Lipinski definition) is 1. The molecule has 0 radical (unpaired) electrons. The highest BCUT2D eigenvalue weighted by Gasteiger charge is 2.36. The van der Waals surface area contributed by atoms with Crippen LogP contribution in [0.25, 0.3) is 0 Å². The minimum Gasteiger partial charge on any atom is -0.464 e. The lowest BCUT2D eigenvalue weighted by molar-refractivity contribution is 0.408. The van der Waals surface area contributed by atoms with Crippen LogP contribution in [0.5, 0.6) is 0 Å². The number of nitrogens with one attached hydrogen (secondary N) is 1. The van der Waals surface area contributed by atoms with Gasteiger partial charge in [0.15, 0.2) is 5.82 Å². The van der Waals surface area contributed by atoms with Crippen LogP contribution in [0, 0.1) is 5.92 Å². The Hall–Kier alpha value is -1.62. The summed E-state index contributed by atoms with van der Waals surface area (Å²) < 4.78 is 10.5. The van der Waals surface area contributed by atoms with Gasteiger partial charge in [-0.3, -0.25) is 0 Å². The fourth-order valence-electron chi connectivity index (χ4n) is 2.12. The second-order valence-electron chi connectivity index (χ2n) is 4.90. The van der Waals surface area contributed by atoms with Crippen molar-refractivity contribution in [1.82, 2.24) is 15.5 Å². The molecule has 0 aromatic carbocycles. The lowest BCUT2D eigenvalue weighted by Crippen LogP contribution is -2.16. The summed E-state index contributed by atoms with van der Waals surface area (Å²) in [7, 11) is 0. The van der Waals surface area contributed by atoms with Gasteiger partial charge in [-0.25, -0.2) is 0 Å². The van der Waals surface area contributed by atoms with E-state index >= 15 is 0 Å². The summed E-state index contributed by atoms with van der Waals surface area (Å²) in [6.07, 6.45) is 3.38. The fraction of sp³-hybridized carbons (Fsp3) is 0.538. The van der Waals surface area contributed by atoms with Crippen molar-refractivity contribution in [3.8, 4) is 0 Å². The maximum atomic E-state index is 5.80. The third kappa shape index (κ3) is 2.61. The van der Waals surface area contributed by atoms with E-state index in [1.54, 1.807) is 0 Å². The zero-order chi connectivity index (χ0) is 12.4. The van der Waals surface area contributed by atoms with E-state index in [2.05, 4.69) is 39.0 Å². The van der Waals surface area contributed by atoms with E-state index in [1.165, 1.54) is 12.8 Å². The summed E-state index contributed by atoms with van der Waals surface area (Å²) in [5, 5.41) is 7.06. The molecule has 1 fully saturated rings. The molecule has 2 unspecified atom stereocenters. The average Bonchev–Trinajstić information content (AvgIpc) is 2.86. The topological polar surface area (TPSA) is 64.1 Å². The van der Waals surface area contributed by atoms with Crippen LogP contribution >= 0.6 is 0 Å². The van der Waals surface area contributed by atoms with Crippen molar-refractivity contribution in [3.05, 3.63) is 35.9 Å². The molecule has 5 nitrogen and oxygen atoms in total. The van der Waals surface area contributed by atoms with E-state index in [9.17, 15) is 0 Å². The van der Waals surface area contributed by atoms with Gasteiger partial charge in [-0.2, -0.15) is 4.98 Å². The molecule has 1 aliphatic carbocycles. The lowest BCUT2D eigenvalue weighted by atomic mass is 10.3. The molecule has 2 atom stereocenters. The highest BCUT2D eigenvalue weighted by molar-refractivity contribution is 5.17. The summed E-state index contributed by atoms with van der Waals surface area (Å²) >= 11 is 0. The minimum absolute atomic E-state index is 0.651.